The number of nitrogens with zero attached hydrogens (tertiary/aromatic N) is 1. The lowest BCUT2D eigenvalue weighted by atomic mass is 10.0. The molecule has 4 rings (SSSR count). The van der Waals surface area contributed by atoms with Gasteiger partial charge in [0.05, 0.1) is 21.4 Å². The number of carbonyl (C=O) groups excluding carboxylic acids is 1. The molecule has 2 N–H and O–H groups in total. The van der Waals surface area contributed by atoms with Crippen molar-refractivity contribution in [2.45, 2.75) is 0 Å². The average molecular weight is 382 g/mol. The number of hydrogen-bond donors (Lipinski definition) is 2. The molecule has 0 fully saturated rings. The number of aromatic nitrogens is 2. The minimum absolute atomic E-state index is 0.225. The van der Waals surface area contributed by atoms with Gasteiger partial charge in [0, 0.05) is 28.4 Å². The Morgan fingerprint density at radius 3 is 2.81 bits per heavy atom. The Kier molecular flexibility index (Phi) is 4.28. The number of pyridine rings is 1. The summed E-state index contributed by atoms with van der Waals surface area (Å²) in [5.74, 6) is -0.268. The standard InChI is InChI=1S/C19H12ClN3O2S/c20-13-3-1-2-11(6-13)15-7-12(8-16-18(15)22-10-26-16)19(25)23-14-4-5-17(24)21-9-14/h1-10H,(H,21,24)(H,23,25). The van der Waals surface area contributed by atoms with Crippen LogP contribution >= 0.6 is 22.9 Å². The fourth-order valence-electron chi connectivity index (χ4n) is 2.67. The van der Waals surface area contributed by atoms with Gasteiger partial charge in [-0.3, -0.25) is 9.59 Å². The van der Waals surface area contributed by atoms with Gasteiger partial charge in [0.2, 0.25) is 5.56 Å². The van der Waals surface area contributed by atoms with Crippen LogP contribution in [0, 0.1) is 0 Å². The Morgan fingerprint density at radius 1 is 1.15 bits per heavy atom. The lowest BCUT2D eigenvalue weighted by molar-refractivity contribution is 0.102. The summed E-state index contributed by atoms with van der Waals surface area (Å²) in [4.78, 5) is 30.8. The maximum Gasteiger partial charge on any atom is 0.255 e. The van der Waals surface area contributed by atoms with Crippen molar-refractivity contribution >= 4 is 44.7 Å². The fourth-order valence-corrected chi connectivity index (χ4v) is 3.60. The summed E-state index contributed by atoms with van der Waals surface area (Å²) in [5, 5.41) is 3.40. The molecular weight excluding hydrogens is 370 g/mol. The van der Waals surface area contributed by atoms with E-state index in [0.717, 1.165) is 21.3 Å². The molecule has 0 spiro atoms. The Bertz CT molecular complexity index is 1160. The topological polar surface area (TPSA) is 74.8 Å². The van der Waals surface area contributed by atoms with Crippen LogP contribution in [0.15, 0.2) is 65.0 Å². The first kappa shape index (κ1) is 16.5. The second kappa shape index (κ2) is 6.74. The summed E-state index contributed by atoms with van der Waals surface area (Å²) in [5.41, 5.74) is 5.12. The smallest absolute Gasteiger partial charge is 0.255 e. The van der Waals surface area contributed by atoms with Gasteiger partial charge >= 0.3 is 0 Å². The summed E-state index contributed by atoms with van der Waals surface area (Å²) in [6, 6.07) is 14.0. The second-order valence-electron chi connectivity index (χ2n) is 5.63. The van der Waals surface area contributed by atoms with E-state index in [1.165, 1.54) is 23.6 Å². The number of nitrogens with one attached hydrogen (secondary N) is 2. The third-order valence-corrected chi connectivity index (χ3v) is 4.89. The first-order valence-electron chi connectivity index (χ1n) is 7.73. The molecule has 0 aliphatic rings. The molecule has 128 valence electrons. The van der Waals surface area contributed by atoms with E-state index in [-0.39, 0.29) is 11.5 Å². The average Bonchev–Trinajstić information content (AvgIpc) is 3.11. The highest BCUT2D eigenvalue weighted by Gasteiger charge is 2.14. The van der Waals surface area contributed by atoms with Crippen LogP contribution < -0.4 is 10.9 Å². The first-order valence-corrected chi connectivity index (χ1v) is 8.99. The first-order chi connectivity index (χ1) is 12.6. The molecule has 2 aromatic heterocycles. The van der Waals surface area contributed by atoms with E-state index >= 15 is 0 Å². The van der Waals surface area contributed by atoms with Gasteiger partial charge in [-0.1, -0.05) is 23.7 Å². The monoisotopic (exact) mass is 381 g/mol. The highest BCUT2D eigenvalue weighted by atomic mass is 35.5. The summed E-state index contributed by atoms with van der Waals surface area (Å²) in [7, 11) is 0. The van der Waals surface area contributed by atoms with Crippen molar-refractivity contribution in [3.05, 3.63) is 81.2 Å². The number of halogens is 1. The molecule has 2 aromatic carbocycles. The number of amides is 1. The molecule has 0 saturated carbocycles. The number of anilines is 1. The molecule has 0 unspecified atom stereocenters. The van der Waals surface area contributed by atoms with Gasteiger partial charge in [-0.25, -0.2) is 4.98 Å². The Labute approximate surface area is 157 Å². The van der Waals surface area contributed by atoms with Crippen LogP contribution in [0.25, 0.3) is 21.3 Å². The SMILES string of the molecule is O=C(Nc1ccc(=O)[nH]c1)c1cc(-c2cccc(Cl)c2)c2ncsc2c1. The van der Waals surface area contributed by atoms with E-state index in [9.17, 15) is 9.59 Å². The highest BCUT2D eigenvalue weighted by molar-refractivity contribution is 7.16. The van der Waals surface area contributed by atoms with Crippen molar-refractivity contribution in [2.75, 3.05) is 5.32 Å². The van der Waals surface area contributed by atoms with E-state index in [4.69, 9.17) is 11.6 Å². The number of aromatic amines is 1. The quantitative estimate of drug-likeness (QED) is 0.546. The Hall–Kier alpha value is -2.96. The van der Waals surface area contributed by atoms with Crippen LogP contribution in [0.1, 0.15) is 10.4 Å². The summed E-state index contributed by atoms with van der Waals surface area (Å²) < 4.78 is 0.911. The van der Waals surface area contributed by atoms with Crippen LogP contribution in [0.5, 0.6) is 0 Å². The van der Waals surface area contributed by atoms with E-state index in [1.54, 1.807) is 23.7 Å². The molecule has 4 aromatic rings. The van der Waals surface area contributed by atoms with Crippen LogP contribution in [-0.4, -0.2) is 15.9 Å². The number of fused-ring (bicyclic) bond motifs is 1. The zero-order valence-corrected chi connectivity index (χ0v) is 14.9. The van der Waals surface area contributed by atoms with Crippen LogP contribution in [0.4, 0.5) is 5.69 Å². The molecule has 7 heteroatoms. The molecule has 0 radical (unpaired) electrons. The van der Waals surface area contributed by atoms with Crippen LogP contribution in [0.3, 0.4) is 0 Å². The lowest BCUT2D eigenvalue weighted by Crippen LogP contribution is -2.13. The minimum Gasteiger partial charge on any atom is -0.327 e. The number of H-pyrrole nitrogens is 1. The summed E-state index contributed by atoms with van der Waals surface area (Å²) >= 11 is 7.58. The number of carbonyl (C=O) groups is 1. The van der Waals surface area contributed by atoms with Crippen molar-refractivity contribution in [3.8, 4) is 11.1 Å². The highest BCUT2D eigenvalue weighted by Crippen LogP contribution is 2.32. The predicted molar refractivity (Wildman–Crippen MR) is 105 cm³/mol. The van der Waals surface area contributed by atoms with E-state index in [2.05, 4.69) is 15.3 Å². The molecule has 5 nitrogen and oxygen atoms in total. The molecular formula is C19H12ClN3O2S. The molecule has 1 amide bonds. The summed E-state index contributed by atoms with van der Waals surface area (Å²) in [6.07, 6.45) is 1.46. The molecule has 0 aliphatic carbocycles. The van der Waals surface area contributed by atoms with Crippen molar-refractivity contribution < 1.29 is 4.79 Å². The summed E-state index contributed by atoms with van der Waals surface area (Å²) in [6.45, 7) is 0. The zero-order valence-electron chi connectivity index (χ0n) is 13.3. The number of benzene rings is 2. The van der Waals surface area contributed by atoms with Crippen molar-refractivity contribution in [1.29, 1.82) is 0 Å². The van der Waals surface area contributed by atoms with Crippen LogP contribution in [-0.2, 0) is 0 Å². The fraction of sp³-hybridized carbons (Fsp3) is 0. The zero-order chi connectivity index (χ0) is 18.1. The predicted octanol–water partition coefficient (Wildman–Crippen LogP) is 4.56. The second-order valence-corrected chi connectivity index (χ2v) is 6.95. The number of thiazole rings is 1. The van der Waals surface area contributed by atoms with E-state index in [0.29, 0.717) is 16.3 Å². The van der Waals surface area contributed by atoms with Gasteiger partial charge in [-0.2, -0.15) is 0 Å². The van der Waals surface area contributed by atoms with Gasteiger partial charge in [0.1, 0.15) is 0 Å². The molecule has 0 aliphatic heterocycles. The molecule has 0 bridgehead atoms. The van der Waals surface area contributed by atoms with Crippen molar-refractivity contribution in [2.24, 2.45) is 0 Å². The largest absolute Gasteiger partial charge is 0.327 e. The van der Waals surface area contributed by atoms with E-state index < -0.39 is 0 Å². The lowest BCUT2D eigenvalue weighted by Gasteiger charge is -2.09. The van der Waals surface area contributed by atoms with Gasteiger partial charge < -0.3 is 10.3 Å². The van der Waals surface area contributed by atoms with Gasteiger partial charge in [-0.05, 0) is 35.9 Å². The van der Waals surface area contributed by atoms with Crippen LogP contribution in [0.2, 0.25) is 5.02 Å². The maximum absolute atomic E-state index is 12.7. The minimum atomic E-state index is -0.268. The Balaban J connectivity index is 1.77. The number of hydrogen-bond acceptors (Lipinski definition) is 4. The third-order valence-electron chi connectivity index (χ3n) is 3.88. The number of rotatable bonds is 3. The van der Waals surface area contributed by atoms with Crippen molar-refractivity contribution in [3.63, 3.8) is 0 Å². The van der Waals surface area contributed by atoms with E-state index in [1.807, 2.05) is 24.3 Å². The van der Waals surface area contributed by atoms with Gasteiger partial charge in [-0.15, -0.1) is 11.3 Å². The van der Waals surface area contributed by atoms with Gasteiger partial charge in [0.25, 0.3) is 5.91 Å². The van der Waals surface area contributed by atoms with Crippen molar-refractivity contribution in [1.82, 2.24) is 9.97 Å². The molecule has 0 atom stereocenters. The normalized spacial score (nSPS) is 10.8. The third kappa shape index (κ3) is 3.24. The van der Waals surface area contributed by atoms with Gasteiger partial charge in [0.15, 0.2) is 0 Å². The molecule has 26 heavy (non-hydrogen) atoms. The molecule has 0 saturated heterocycles. The maximum atomic E-state index is 12.7. The molecule has 2 heterocycles. The Morgan fingerprint density at radius 2 is 2.04 bits per heavy atom.